The molecule has 0 radical (unpaired) electrons. The van der Waals surface area contributed by atoms with Gasteiger partial charge in [0.05, 0.1) is 13.7 Å². The summed E-state index contributed by atoms with van der Waals surface area (Å²) < 4.78 is 31.0. The number of halogens is 2. The SMILES string of the molecule is COC(=O)CN1CCN(C(=O)CCc2ccc(F)cc2F)CC1. The van der Waals surface area contributed by atoms with E-state index in [0.717, 1.165) is 6.07 Å². The fourth-order valence-electron chi connectivity index (χ4n) is 2.53. The van der Waals surface area contributed by atoms with E-state index in [4.69, 9.17) is 0 Å². The van der Waals surface area contributed by atoms with E-state index in [1.165, 1.54) is 19.2 Å². The predicted octanol–water partition coefficient (Wildman–Crippen LogP) is 1.21. The molecule has 2 rings (SSSR count). The Morgan fingerprint density at radius 2 is 1.87 bits per heavy atom. The van der Waals surface area contributed by atoms with Crippen LogP contribution in [0.15, 0.2) is 18.2 Å². The number of benzene rings is 1. The Hall–Kier alpha value is -2.02. The van der Waals surface area contributed by atoms with E-state index in [0.29, 0.717) is 31.7 Å². The molecule has 126 valence electrons. The fraction of sp³-hybridized carbons (Fsp3) is 0.500. The number of methoxy groups -OCH3 is 1. The first-order chi connectivity index (χ1) is 11.0. The molecule has 5 nitrogen and oxygen atoms in total. The summed E-state index contributed by atoms with van der Waals surface area (Å²) in [5, 5.41) is 0. The maximum Gasteiger partial charge on any atom is 0.319 e. The number of piperazine rings is 1. The number of rotatable bonds is 5. The van der Waals surface area contributed by atoms with E-state index >= 15 is 0 Å². The molecule has 1 saturated heterocycles. The van der Waals surface area contributed by atoms with Gasteiger partial charge in [-0.05, 0) is 18.1 Å². The highest BCUT2D eigenvalue weighted by molar-refractivity contribution is 5.76. The van der Waals surface area contributed by atoms with Crippen LogP contribution < -0.4 is 0 Å². The lowest BCUT2D eigenvalue weighted by Gasteiger charge is -2.34. The van der Waals surface area contributed by atoms with E-state index < -0.39 is 11.6 Å². The second-order valence-corrected chi connectivity index (χ2v) is 5.47. The van der Waals surface area contributed by atoms with Gasteiger partial charge in [-0.25, -0.2) is 8.78 Å². The van der Waals surface area contributed by atoms with Crippen LogP contribution in [-0.2, 0) is 20.7 Å². The third-order valence-electron chi connectivity index (χ3n) is 3.93. The van der Waals surface area contributed by atoms with Gasteiger partial charge in [-0.3, -0.25) is 14.5 Å². The number of hydrogen-bond acceptors (Lipinski definition) is 4. The average molecular weight is 326 g/mol. The highest BCUT2D eigenvalue weighted by atomic mass is 19.1. The van der Waals surface area contributed by atoms with Crippen molar-refractivity contribution in [3.8, 4) is 0 Å². The van der Waals surface area contributed by atoms with Crippen molar-refractivity contribution in [2.24, 2.45) is 0 Å². The number of carbonyl (C=O) groups excluding carboxylic acids is 2. The van der Waals surface area contributed by atoms with Crippen LogP contribution in [0.1, 0.15) is 12.0 Å². The second kappa shape index (κ2) is 8.01. The van der Waals surface area contributed by atoms with Crippen LogP contribution in [0.2, 0.25) is 0 Å². The first-order valence-corrected chi connectivity index (χ1v) is 7.50. The molecule has 0 bridgehead atoms. The van der Waals surface area contributed by atoms with Crippen molar-refractivity contribution in [2.75, 3.05) is 39.8 Å². The largest absolute Gasteiger partial charge is 0.468 e. The summed E-state index contributed by atoms with van der Waals surface area (Å²) in [4.78, 5) is 27.0. The summed E-state index contributed by atoms with van der Waals surface area (Å²) in [7, 11) is 1.34. The number of nitrogens with zero attached hydrogens (tertiary/aromatic N) is 2. The molecule has 1 aliphatic rings. The van der Waals surface area contributed by atoms with Gasteiger partial charge < -0.3 is 9.64 Å². The molecule has 7 heteroatoms. The number of hydrogen-bond donors (Lipinski definition) is 0. The number of aryl methyl sites for hydroxylation is 1. The van der Waals surface area contributed by atoms with E-state index in [2.05, 4.69) is 4.74 Å². The van der Waals surface area contributed by atoms with Crippen molar-refractivity contribution in [3.63, 3.8) is 0 Å². The molecule has 0 spiro atoms. The summed E-state index contributed by atoms with van der Waals surface area (Å²) in [6, 6.07) is 3.38. The average Bonchev–Trinajstić information content (AvgIpc) is 2.54. The molecule has 0 aliphatic carbocycles. The summed E-state index contributed by atoms with van der Waals surface area (Å²) in [6.07, 6.45) is 0.423. The minimum Gasteiger partial charge on any atom is -0.468 e. The quantitative estimate of drug-likeness (QED) is 0.764. The van der Waals surface area contributed by atoms with Crippen molar-refractivity contribution in [3.05, 3.63) is 35.4 Å². The molecule has 0 saturated carbocycles. The van der Waals surface area contributed by atoms with Crippen molar-refractivity contribution in [1.29, 1.82) is 0 Å². The van der Waals surface area contributed by atoms with Crippen molar-refractivity contribution in [2.45, 2.75) is 12.8 Å². The van der Waals surface area contributed by atoms with Crippen LogP contribution in [0.5, 0.6) is 0 Å². The zero-order chi connectivity index (χ0) is 16.8. The van der Waals surface area contributed by atoms with E-state index in [1.807, 2.05) is 4.90 Å². The highest BCUT2D eigenvalue weighted by Gasteiger charge is 2.22. The van der Waals surface area contributed by atoms with Gasteiger partial charge in [0.25, 0.3) is 0 Å². The maximum atomic E-state index is 13.5. The standard InChI is InChI=1S/C16H20F2N2O3/c1-23-16(22)11-19-6-8-20(9-7-19)15(21)5-3-12-2-4-13(17)10-14(12)18/h2,4,10H,3,5-9,11H2,1H3. The van der Waals surface area contributed by atoms with E-state index in [1.54, 1.807) is 4.90 Å². The third kappa shape index (κ3) is 4.99. The lowest BCUT2D eigenvalue weighted by Crippen LogP contribution is -2.50. The van der Waals surface area contributed by atoms with E-state index in [-0.39, 0.29) is 31.3 Å². The van der Waals surface area contributed by atoms with Crippen LogP contribution in [0.25, 0.3) is 0 Å². The Kier molecular flexibility index (Phi) is 6.04. The summed E-state index contributed by atoms with van der Waals surface area (Å²) in [6.45, 7) is 2.49. The van der Waals surface area contributed by atoms with E-state index in [9.17, 15) is 18.4 Å². The first-order valence-electron chi connectivity index (χ1n) is 7.50. The zero-order valence-electron chi connectivity index (χ0n) is 13.1. The summed E-state index contributed by atoms with van der Waals surface area (Å²) >= 11 is 0. The fourth-order valence-corrected chi connectivity index (χ4v) is 2.53. The van der Waals surface area contributed by atoms with Crippen LogP contribution in [0.4, 0.5) is 8.78 Å². The molecule has 1 amide bonds. The number of ether oxygens (including phenoxy) is 1. The van der Waals surface area contributed by atoms with Crippen molar-refractivity contribution >= 4 is 11.9 Å². The number of amides is 1. The lowest BCUT2D eigenvalue weighted by molar-refractivity contribution is -0.142. The minimum absolute atomic E-state index is 0.0635. The molecule has 23 heavy (non-hydrogen) atoms. The molecule has 0 unspecified atom stereocenters. The van der Waals surface area contributed by atoms with Gasteiger partial charge in [0.15, 0.2) is 0 Å². The smallest absolute Gasteiger partial charge is 0.319 e. The number of esters is 1. The summed E-state index contributed by atoms with van der Waals surface area (Å²) in [5.74, 6) is -1.61. The summed E-state index contributed by atoms with van der Waals surface area (Å²) in [5.41, 5.74) is 0.337. The maximum absolute atomic E-state index is 13.5. The first kappa shape index (κ1) is 17.3. The molecular formula is C16H20F2N2O3. The number of carbonyl (C=O) groups is 2. The molecule has 1 aliphatic heterocycles. The monoisotopic (exact) mass is 326 g/mol. The third-order valence-corrected chi connectivity index (χ3v) is 3.93. The molecule has 0 N–H and O–H groups in total. The van der Waals surface area contributed by atoms with Gasteiger partial charge in [-0.15, -0.1) is 0 Å². The second-order valence-electron chi connectivity index (χ2n) is 5.47. The van der Waals surface area contributed by atoms with Gasteiger partial charge in [0.2, 0.25) is 5.91 Å². The Bertz CT molecular complexity index is 572. The molecule has 0 aromatic heterocycles. The molecular weight excluding hydrogens is 306 g/mol. The van der Waals surface area contributed by atoms with Crippen LogP contribution in [0, 0.1) is 11.6 Å². The molecule has 1 heterocycles. The Labute approximate surface area is 133 Å². The van der Waals surface area contributed by atoms with Gasteiger partial charge in [0.1, 0.15) is 11.6 Å². The predicted molar refractivity (Wildman–Crippen MR) is 79.7 cm³/mol. The topological polar surface area (TPSA) is 49.9 Å². The Morgan fingerprint density at radius 3 is 2.48 bits per heavy atom. The van der Waals surface area contributed by atoms with Crippen molar-refractivity contribution in [1.82, 2.24) is 9.80 Å². The zero-order valence-corrected chi connectivity index (χ0v) is 13.1. The van der Waals surface area contributed by atoms with Gasteiger partial charge in [-0.2, -0.15) is 0 Å². The lowest BCUT2D eigenvalue weighted by atomic mass is 10.1. The molecule has 1 fully saturated rings. The van der Waals surface area contributed by atoms with Crippen LogP contribution in [-0.4, -0.2) is 61.5 Å². The van der Waals surface area contributed by atoms with Gasteiger partial charge in [0, 0.05) is 38.7 Å². The normalized spacial score (nSPS) is 15.5. The van der Waals surface area contributed by atoms with Gasteiger partial charge >= 0.3 is 5.97 Å². The molecule has 0 atom stereocenters. The van der Waals surface area contributed by atoms with Crippen molar-refractivity contribution < 1.29 is 23.1 Å². The Morgan fingerprint density at radius 1 is 1.17 bits per heavy atom. The molecule has 1 aromatic carbocycles. The Balaban J connectivity index is 1.78. The van der Waals surface area contributed by atoms with Crippen LogP contribution in [0.3, 0.4) is 0 Å². The van der Waals surface area contributed by atoms with Gasteiger partial charge in [-0.1, -0.05) is 6.07 Å². The van der Waals surface area contributed by atoms with Crippen LogP contribution >= 0.6 is 0 Å². The minimum atomic E-state index is -0.626. The highest BCUT2D eigenvalue weighted by Crippen LogP contribution is 2.13. The molecule has 1 aromatic rings.